The Morgan fingerprint density at radius 3 is 2.79 bits per heavy atom. The van der Waals surface area contributed by atoms with Crippen molar-refractivity contribution in [3.63, 3.8) is 0 Å². The van der Waals surface area contributed by atoms with Gasteiger partial charge in [0.05, 0.1) is 12.1 Å². The van der Waals surface area contributed by atoms with Crippen molar-refractivity contribution in [1.82, 2.24) is 10.2 Å². The van der Waals surface area contributed by atoms with Gasteiger partial charge in [0.15, 0.2) is 5.78 Å². The summed E-state index contributed by atoms with van der Waals surface area (Å²) in [5.74, 6) is 0.132. The van der Waals surface area contributed by atoms with E-state index in [2.05, 4.69) is 10.2 Å². The van der Waals surface area contributed by atoms with Crippen molar-refractivity contribution in [1.29, 1.82) is 0 Å². The largest absolute Gasteiger partial charge is 0.535 e. The lowest BCUT2D eigenvalue weighted by Gasteiger charge is -2.32. The van der Waals surface area contributed by atoms with Crippen LogP contribution in [0.2, 0.25) is 5.82 Å². The fourth-order valence-electron chi connectivity index (χ4n) is 4.10. The van der Waals surface area contributed by atoms with Gasteiger partial charge >= 0.3 is 7.12 Å². The second kappa shape index (κ2) is 9.65. The lowest BCUT2D eigenvalue weighted by molar-refractivity contribution is -0.118. The number of rotatable bonds is 8. The summed E-state index contributed by atoms with van der Waals surface area (Å²) in [6, 6.07) is 5.75. The average molecular weight is 387 g/mol. The summed E-state index contributed by atoms with van der Waals surface area (Å²) >= 11 is 0. The number of benzene rings is 1. The Hall–Kier alpha value is -1.74. The Morgan fingerprint density at radius 1 is 1.36 bits per heavy atom. The van der Waals surface area contributed by atoms with Crippen LogP contribution in [0.5, 0.6) is 5.75 Å². The van der Waals surface area contributed by atoms with E-state index >= 15 is 0 Å². The van der Waals surface area contributed by atoms with Gasteiger partial charge in [-0.1, -0.05) is 12.1 Å². The number of hydrogen-bond acceptors (Lipinski definition) is 7. The molecular formula is C20H30BN3O4. The number of nitrogens with one attached hydrogen (secondary N) is 1. The summed E-state index contributed by atoms with van der Waals surface area (Å²) < 4.78 is 5.61. The molecule has 1 aromatic rings. The Kier molecular flexibility index (Phi) is 7.23. The van der Waals surface area contributed by atoms with E-state index in [9.17, 15) is 14.6 Å². The van der Waals surface area contributed by atoms with Crippen LogP contribution < -0.4 is 15.7 Å². The summed E-state index contributed by atoms with van der Waals surface area (Å²) in [5, 5.41) is 13.7. The lowest BCUT2D eigenvalue weighted by atomic mass is 9.64. The third-order valence-electron chi connectivity index (χ3n) is 5.71. The summed E-state index contributed by atoms with van der Waals surface area (Å²) in [6.07, 6.45) is 2.82. The van der Waals surface area contributed by atoms with Crippen molar-refractivity contribution in [2.75, 3.05) is 32.7 Å². The van der Waals surface area contributed by atoms with E-state index in [0.29, 0.717) is 36.9 Å². The van der Waals surface area contributed by atoms with Crippen molar-refractivity contribution >= 4 is 18.7 Å². The summed E-state index contributed by atoms with van der Waals surface area (Å²) in [6.45, 7) is 5.41. The molecule has 28 heavy (non-hydrogen) atoms. The van der Waals surface area contributed by atoms with Crippen molar-refractivity contribution in [3.05, 3.63) is 29.3 Å². The van der Waals surface area contributed by atoms with Gasteiger partial charge in [0.1, 0.15) is 11.5 Å². The molecule has 0 spiro atoms. The molecule has 1 aromatic carbocycles. The minimum Gasteiger partial charge on any atom is -0.535 e. The number of Topliss-reactive ketones (excluding diaryl/α,β-unsaturated/α-hetero) is 2. The fraction of sp³-hybridized carbons (Fsp3) is 0.600. The fourth-order valence-corrected chi connectivity index (χ4v) is 4.10. The van der Waals surface area contributed by atoms with Crippen LogP contribution in [0.25, 0.3) is 0 Å². The minimum absolute atomic E-state index is 0.0724. The van der Waals surface area contributed by atoms with Gasteiger partial charge in [0.25, 0.3) is 0 Å². The maximum Gasteiger partial charge on any atom is 0.526 e. The predicted octanol–water partition coefficient (Wildman–Crippen LogP) is 0.647. The van der Waals surface area contributed by atoms with E-state index in [1.165, 1.54) is 6.92 Å². The van der Waals surface area contributed by atoms with Crippen molar-refractivity contribution in [3.8, 4) is 5.75 Å². The molecule has 2 heterocycles. The molecule has 152 valence electrons. The van der Waals surface area contributed by atoms with Gasteiger partial charge in [-0.05, 0) is 50.9 Å². The third-order valence-corrected chi connectivity index (χ3v) is 5.71. The molecule has 0 saturated carbocycles. The molecule has 8 heteroatoms. The molecule has 0 unspecified atom stereocenters. The van der Waals surface area contributed by atoms with Crippen LogP contribution in [0.3, 0.4) is 0 Å². The summed E-state index contributed by atoms with van der Waals surface area (Å²) in [4.78, 5) is 26.5. The quantitative estimate of drug-likeness (QED) is 0.444. The highest BCUT2D eigenvalue weighted by atomic mass is 16.5. The zero-order chi connectivity index (χ0) is 20.1. The Bertz CT molecular complexity index is 707. The second-order valence-corrected chi connectivity index (χ2v) is 7.85. The minimum atomic E-state index is -1.07. The first-order valence-corrected chi connectivity index (χ1v) is 10.1. The number of nitrogens with two attached hydrogens (primary N) is 1. The molecule has 3 rings (SSSR count). The molecule has 1 saturated heterocycles. The van der Waals surface area contributed by atoms with Crippen LogP contribution in [-0.4, -0.2) is 67.4 Å². The predicted molar refractivity (Wildman–Crippen MR) is 109 cm³/mol. The summed E-state index contributed by atoms with van der Waals surface area (Å²) in [7, 11) is -1.07. The highest BCUT2D eigenvalue weighted by Crippen LogP contribution is 2.36. The molecule has 4 N–H and O–H groups in total. The second-order valence-electron chi connectivity index (χ2n) is 7.85. The van der Waals surface area contributed by atoms with E-state index in [0.717, 1.165) is 38.0 Å². The van der Waals surface area contributed by atoms with Gasteiger partial charge in [0, 0.05) is 31.4 Å². The molecule has 1 fully saturated rings. The van der Waals surface area contributed by atoms with Gasteiger partial charge < -0.3 is 25.6 Å². The molecule has 0 aliphatic carbocycles. The van der Waals surface area contributed by atoms with Gasteiger partial charge in [-0.25, -0.2) is 0 Å². The molecule has 7 nitrogen and oxygen atoms in total. The molecular weight excluding hydrogens is 357 g/mol. The maximum absolute atomic E-state index is 12.4. The molecule has 0 bridgehead atoms. The van der Waals surface area contributed by atoms with E-state index in [1.54, 1.807) is 6.07 Å². The number of nitrogens with zero attached hydrogens (tertiary/aromatic N) is 1. The van der Waals surface area contributed by atoms with Crippen molar-refractivity contribution in [2.24, 2.45) is 5.73 Å². The first-order chi connectivity index (χ1) is 13.5. The molecule has 0 aromatic heterocycles. The third kappa shape index (κ3) is 5.20. The Labute approximate surface area is 166 Å². The first kappa shape index (κ1) is 21.0. The van der Waals surface area contributed by atoms with E-state index in [1.807, 2.05) is 12.1 Å². The van der Waals surface area contributed by atoms with Crippen LogP contribution in [0.15, 0.2) is 18.2 Å². The van der Waals surface area contributed by atoms with Gasteiger partial charge in [-0.3, -0.25) is 9.59 Å². The number of ketones is 2. The van der Waals surface area contributed by atoms with Crippen molar-refractivity contribution in [2.45, 2.75) is 44.5 Å². The highest BCUT2D eigenvalue weighted by Gasteiger charge is 2.37. The molecule has 1 atom stereocenters. The topological polar surface area (TPSA) is 105 Å². The number of carbonyl (C=O) groups excluding carboxylic acids is 2. The van der Waals surface area contributed by atoms with Crippen LogP contribution >= 0.6 is 0 Å². The van der Waals surface area contributed by atoms with Crippen LogP contribution in [0.4, 0.5) is 0 Å². The number of carbonyl (C=O) groups is 2. The first-order valence-electron chi connectivity index (χ1n) is 10.1. The van der Waals surface area contributed by atoms with Crippen molar-refractivity contribution < 1.29 is 19.3 Å². The van der Waals surface area contributed by atoms with Gasteiger partial charge in [-0.15, -0.1) is 0 Å². The number of para-hydroxylation sites is 1. The SMILES string of the molecule is CC(=O)c1cccc2c1OB(O)[C@@H](CC(=O)CNC1CCN(CCN)CC1)C2. The number of likely N-dealkylation sites (tertiary alicyclic amines) is 1. The maximum atomic E-state index is 12.4. The zero-order valence-electron chi connectivity index (χ0n) is 16.5. The normalized spacial score (nSPS) is 20.5. The summed E-state index contributed by atoms with van der Waals surface area (Å²) in [5.41, 5.74) is 6.94. The number of hydrogen-bond donors (Lipinski definition) is 3. The highest BCUT2D eigenvalue weighted by molar-refractivity contribution is 6.47. The Morgan fingerprint density at radius 2 is 2.11 bits per heavy atom. The van der Waals surface area contributed by atoms with Gasteiger partial charge in [-0.2, -0.15) is 0 Å². The van der Waals surface area contributed by atoms with Gasteiger partial charge in [0.2, 0.25) is 0 Å². The van der Waals surface area contributed by atoms with E-state index in [-0.39, 0.29) is 23.8 Å². The number of fused-ring (bicyclic) bond motifs is 1. The molecule has 2 aliphatic rings. The molecule has 2 aliphatic heterocycles. The Balaban J connectivity index is 1.48. The molecule has 0 radical (unpaired) electrons. The van der Waals surface area contributed by atoms with Crippen LogP contribution in [-0.2, 0) is 11.2 Å². The lowest BCUT2D eigenvalue weighted by Crippen LogP contribution is -2.45. The van der Waals surface area contributed by atoms with E-state index in [4.69, 9.17) is 10.4 Å². The van der Waals surface area contributed by atoms with Crippen LogP contribution in [0.1, 0.15) is 42.1 Å². The monoisotopic (exact) mass is 387 g/mol. The van der Waals surface area contributed by atoms with E-state index < -0.39 is 7.12 Å². The molecule has 0 amide bonds. The van der Waals surface area contributed by atoms with Crippen LogP contribution in [0, 0.1) is 0 Å². The standard InChI is InChI=1S/C20H30BN3O4/c1-14(25)19-4-2-3-15-11-16(21(27)28-20(15)19)12-18(26)13-23-17-5-8-24(9-6-17)10-7-22/h2-4,16-17,23,27H,5-13,22H2,1H3/t16-/m1/s1. The average Bonchev–Trinajstić information content (AvgIpc) is 2.68. The smallest absolute Gasteiger partial charge is 0.526 e. The number of piperidine rings is 1. The zero-order valence-corrected chi connectivity index (χ0v) is 16.5.